The normalized spacial score (nSPS) is 12.6. The number of hydrogen-bond acceptors (Lipinski definition) is 2. The molecule has 1 unspecified atom stereocenters. The van der Waals surface area contributed by atoms with E-state index in [0.717, 1.165) is 6.42 Å². The van der Waals surface area contributed by atoms with Crippen molar-refractivity contribution in [2.75, 3.05) is 0 Å². The average Bonchev–Trinajstić information content (AvgIpc) is 2.31. The first-order valence-corrected chi connectivity index (χ1v) is 7.46. The molecular weight excluding hydrogens is 210 g/mol. The largest absolute Gasteiger partial charge is 0.322 e. The van der Waals surface area contributed by atoms with Crippen molar-refractivity contribution < 1.29 is 4.79 Å². The van der Waals surface area contributed by atoms with Crippen LogP contribution in [-0.4, -0.2) is 11.8 Å². The molecule has 0 saturated heterocycles. The fourth-order valence-electron chi connectivity index (χ4n) is 2.01. The molecule has 17 heavy (non-hydrogen) atoms. The molecule has 2 heteroatoms. The number of ketones is 1. The van der Waals surface area contributed by atoms with Crippen molar-refractivity contribution in [1.29, 1.82) is 0 Å². The van der Waals surface area contributed by atoms with E-state index in [0.29, 0.717) is 6.42 Å². The highest BCUT2D eigenvalue weighted by Crippen LogP contribution is 2.11. The Morgan fingerprint density at radius 2 is 1.29 bits per heavy atom. The third kappa shape index (κ3) is 11.9. The summed E-state index contributed by atoms with van der Waals surface area (Å²) in [5.74, 6) is 0.213. The Balaban J connectivity index is 3.06. The van der Waals surface area contributed by atoms with Gasteiger partial charge in [-0.1, -0.05) is 64.7 Å². The predicted molar refractivity (Wildman–Crippen MR) is 75.1 cm³/mol. The fourth-order valence-corrected chi connectivity index (χ4v) is 2.01. The molecule has 0 aliphatic rings. The van der Waals surface area contributed by atoms with Crippen LogP contribution in [0.4, 0.5) is 0 Å². The van der Waals surface area contributed by atoms with Gasteiger partial charge >= 0.3 is 0 Å². The van der Waals surface area contributed by atoms with Crippen LogP contribution in [0.1, 0.15) is 84.5 Å². The van der Waals surface area contributed by atoms with Crippen molar-refractivity contribution in [3.05, 3.63) is 0 Å². The van der Waals surface area contributed by atoms with Gasteiger partial charge in [0, 0.05) is 6.42 Å². The third-order valence-corrected chi connectivity index (χ3v) is 3.28. The van der Waals surface area contributed by atoms with Gasteiger partial charge in [-0.3, -0.25) is 4.79 Å². The fraction of sp³-hybridized carbons (Fsp3) is 0.933. The van der Waals surface area contributed by atoms with Crippen molar-refractivity contribution in [3.63, 3.8) is 0 Å². The van der Waals surface area contributed by atoms with Gasteiger partial charge in [-0.15, -0.1) is 0 Å². The standard InChI is InChI=1S/C15H31NO/c1-3-4-5-6-7-8-9-10-11-12-13-15(17)14(2)16/h14H,3-13,16H2,1-2H3. The summed E-state index contributed by atoms with van der Waals surface area (Å²) in [5.41, 5.74) is 5.51. The van der Waals surface area contributed by atoms with E-state index in [4.69, 9.17) is 5.73 Å². The Kier molecular flexibility index (Phi) is 11.8. The van der Waals surface area contributed by atoms with Gasteiger partial charge in [0.2, 0.25) is 0 Å². The summed E-state index contributed by atoms with van der Waals surface area (Å²) in [4.78, 5) is 11.3. The predicted octanol–water partition coefficient (Wildman–Crippen LogP) is 4.21. The maximum absolute atomic E-state index is 11.3. The average molecular weight is 241 g/mol. The lowest BCUT2D eigenvalue weighted by Crippen LogP contribution is -2.26. The van der Waals surface area contributed by atoms with Crippen molar-refractivity contribution in [2.45, 2.75) is 90.5 Å². The second kappa shape index (κ2) is 12.1. The van der Waals surface area contributed by atoms with Crippen LogP contribution in [0.25, 0.3) is 0 Å². The van der Waals surface area contributed by atoms with E-state index in [1.165, 1.54) is 57.8 Å². The Bertz CT molecular complexity index is 178. The highest BCUT2D eigenvalue weighted by Gasteiger charge is 2.05. The minimum atomic E-state index is -0.270. The van der Waals surface area contributed by atoms with Crippen LogP contribution in [0.2, 0.25) is 0 Å². The summed E-state index contributed by atoms with van der Waals surface area (Å²) in [5, 5.41) is 0. The topological polar surface area (TPSA) is 43.1 Å². The number of rotatable bonds is 12. The molecule has 0 rings (SSSR count). The molecule has 0 aliphatic carbocycles. The van der Waals surface area contributed by atoms with E-state index < -0.39 is 0 Å². The Morgan fingerprint density at radius 1 is 0.882 bits per heavy atom. The van der Waals surface area contributed by atoms with Gasteiger partial charge in [0.25, 0.3) is 0 Å². The molecule has 0 aliphatic heterocycles. The number of Topliss-reactive ketones (excluding diaryl/α,β-unsaturated/α-hetero) is 1. The summed E-state index contributed by atoms with van der Waals surface area (Å²) in [6.07, 6.45) is 13.8. The van der Waals surface area contributed by atoms with Gasteiger partial charge in [-0.05, 0) is 13.3 Å². The molecule has 0 bridgehead atoms. The summed E-state index contributed by atoms with van der Waals surface area (Å²) >= 11 is 0. The number of nitrogens with two attached hydrogens (primary N) is 1. The highest BCUT2D eigenvalue weighted by molar-refractivity contribution is 5.83. The van der Waals surface area contributed by atoms with Crippen LogP contribution in [0.5, 0.6) is 0 Å². The highest BCUT2D eigenvalue weighted by atomic mass is 16.1. The van der Waals surface area contributed by atoms with Crippen LogP contribution >= 0.6 is 0 Å². The zero-order valence-corrected chi connectivity index (χ0v) is 11.8. The van der Waals surface area contributed by atoms with Crippen molar-refractivity contribution in [1.82, 2.24) is 0 Å². The second-order valence-electron chi connectivity index (χ2n) is 5.19. The van der Waals surface area contributed by atoms with Gasteiger partial charge < -0.3 is 5.73 Å². The quantitative estimate of drug-likeness (QED) is 0.520. The van der Waals surface area contributed by atoms with E-state index in [1.807, 2.05) is 0 Å². The Morgan fingerprint density at radius 3 is 1.71 bits per heavy atom. The van der Waals surface area contributed by atoms with Gasteiger partial charge in [0.05, 0.1) is 6.04 Å². The maximum Gasteiger partial charge on any atom is 0.149 e. The molecule has 0 aromatic rings. The number of hydrogen-bond donors (Lipinski definition) is 1. The molecule has 0 fully saturated rings. The van der Waals surface area contributed by atoms with Crippen LogP contribution in [-0.2, 0) is 4.79 Å². The van der Waals surface area contributed by atoms with E-state index in [1.54, 1.807) is 6.92 Å². The maximum atomic E-state index is 11.3. The Labute approximate surface area is 107 Å². The zero-order valence-electron chi connectivity index (χ0n) is 11.8. The Hall–Kier alpha value is -0.370. The van der Waals surface area contributed by atoms with Gasteiger partial charge in [0.1, 0.15) is 5.78 Å². The number of carbonyl (C=O) groups is 1. The number of unbranched alkanes of at least 4 members (excludes halogenated alkanes) is 9. The molecule has 2 nitrogen and oxygen atoms in total. The van der Waals surface area contributed by atoms with E-state index in [2.05, 4.69) is 6.92 Å². The van der Waals surface area contributed by atoms with Gasteiger partial charge in [-0.2, -0.15) is 0 Å². The lowest BCUT2D eigenvalue weighted by molar-refractivity contribution is -0.120. The van der Waals surface area contributed by atoms with Crippen LogP contribution in [0, 0.1) is 0 Å². The summed E-state index contributed by atoms with van der Waals surface area (Å²) in [6, 6.07) is -0.270. The summed E-state index contributed by atoms with van der Waals surface area (Å²) in [7, 11) is 0. The number of carbonyl (C=O) groups excluding carboxylic acids is 1. The van der Waals surface area contributed by atoms with E-state index >= 15 is 0 Å². The van der Waals surface area contributed by atoms with E-state index in [9.17, 15) is 4.79 Å². The van der Waals surface area contributed by atoms with Crippen molar-refractivity contribution >= 4 is 5.78 Å². The molecule has 0 aromatic heterocycles. The SMILES string of the molecule is CCCCCCCCCCCCC(=O)C(C)N. The second-order valence-corrected chi connectivity index (χ2v) is 5.19. The summed E-state index contributed by atoms with van der Waals surface area (Å²) < 4.78 is 0. The summed E-state index contributed by atoms with van der Waals surface area (Å²) in [6.45, 7) is 4.03. The lowest BCUT2D eigenvalue weighted by Gasteiger charge is -2.04. The first-order chi connectivity index (χ1) is 8.18. The minimum Gasteiger partial charge on any atom is -0.322 e. The van der Waals surface area contributed by atoms with Crippen molar-refractivity contribution in [3.8, 4) is 0 Å². The third-order valence-electron chi connectivity index (χ3n) is 3.28. The van der Waals surface area contributed by atoms with E-state index in [-0.39, 0.29) is 11.8 Å². The van der Waals surface area contributed by atoms with Gasteiger partial charge in [0.15, 0.2) is 0 Å². The molecule has 0 saturated carbocycles. The molecule has 102 valence electrons. The zero-order chi connectivity index (χ0) is 12.9. The molecule has 0 radical (unpaired) electrons. The molecule has 1 atom stereocenters. The molecule has 0 spiro atoms. The van der Waals surface area contributed by atoms with Crippen LogP contribution in [0.15, 0.2) is 0 Å². The lowest BCUT2D eigenvalue weighted by atomic mass is 10.0. The molecule has 0 heterocycles. The molecular formula is C15H31NO. The molecule has 0 aromatic carbocycles. The smallest absolute Gasteiger partial charge is 0.149 e. The van der Waals surface area contributed by atoms with Gasteiger partial charge in [-0.25, -0.2) is 0 Å². The van der Waals surface area contributed by atoms with Crippen LogP contribution in [0.3, 0.4) is 0 Å². The molecule has 0 amide bonds. The first-order valence-electron chi connectivity index (χ1n) is 7.46. The minimum absolute atomic E-state index is 0.213. The van der Waals surface area contributed by atoms with Crippen LogP contribution < -0.4 is 5.73 Å². The monoisotopic (exact) mass is 241 g/mol. The van der Waals surface area contributed by atoms with Crippen molar-refractivity contribution in [2.24, 2.45) is 5.73 Å². The molecule has 2 N–H and O–H groups in total. The first kappa shape index (κ1) is 16.6.